The number of nitro benzene ring substituents is 1. The van der Waals surface area contributed by atoms with E-state index < -0.39 is 30.9 Å². The van der Waals surface area contributed by atoms with Gasteiger partial charge in [0.15, 0.2) is 16.9 Å². The van der Waals surface area contributed by atoms with Crippen molar-refractivity contribution >= 4 is 33.2 Å². The molecule has 1 heterocycles. The fourth-order valence-electron chi connectivity index (χ4n) is 3.93. The van der Waals surface area contributed by atoms with Crippen LogP contribution in [0.1, 0.15) is 23.4 Å². The van der Waals surface area contributed by atoms with Crippen LogP contribution in [-0.2, 0) is 14.6 Å². The minimum atomic E-state index is -4.34. The van der Waals surface area contributed by atoms with Crippen molar-refractivity contribution in [3.8, 4) is 17.2 Å². The van der Waals surface area contributed by atoms with Gasteiger partial charge >= 0.3 is 0 Å². The summed E-state index contributed by atoms with van der Waals surface area (Å²) >= 11 is 0. The zero-order valence-electron chi connectivity index (χ0n) is 19.3. The van der Waals surface area contributed by atoms with Gasteiger partial charge in [-0.2, -0.15) is 0 Å². The van der Waals surface area contributed by atoms with Crippen LogP contribution in [0.25, 0.3) is 6.08 Å². The zero-order chi connectivity index (χ0) is 26.0. The molecule has 186 valence electrons. The maximum absolute atomic E-state index is 13.8. The molecule has 0 saturated carbocycles. The summed E-state index contributed by atoms with van der Waals surface area (Å²) in [5.74, 6) is -0.311. The molecule has 1 aliphatic heterocycles. The van der Waals surface area contributed by atoms with Gasteiger partial charge in [0.05, 0.1) is 18.6 Å². The third-order valence-corrected chi connectivity index (χ3v) is 7.53. The Morgan fingerprint density at radius 3 is 2.47 bits per heavy atom. The predicted molar refractivity (Wildman–Crippen MR) is 132 cm³/mol. The number of non-ortho nitro benzene ring substituents is 1. The van der Waals surface area contributed by atoms with Crippen molar-refractivity contribution in [3.05, 3.63) is 92.9 Å². The molecule has 0 aromatic heterocycles. The molecular weight excluding hydrogens is 488 g/mol. The summed E-state index contributed by atoms with van der Waals surface area (Å²) in [7, 11) is -3.00. The highest BCUT2D eigenvalue weighted by Gasteiger charge is 2.50. The van der Waals surface area contributed by atoms with Crippen LogP contribution in [-0.4, -0.2) is 38.1 Å². The van der Waals surface area contributed by atoms with E-state index >= 15 is 0 Å². The van der Waals surface area contributed by atoms with E-state index in [1.807, 2.05) is 6.92 Å². The number of benzene rings is 3. The van der Waals surface area contributed by atoms with E-state index in [1.165, 1.54) is 49.6 Å². The van der Waals surface area contributed by atoms with Crippen LogP contribution in [0.4, 0.5) is 11.4 Å². The van der Waals surface area contributed by atoms with E-state index in [0.717, 1.165) is 11.0 Å². The van der Waals surface area contributed by atoms with Crippen molar-refractivity contribution < 1.29 is 32.7 Å². The van der Waals surface area contributed by atoms with E-state index in [4.69, 9.17) is 9.47 Å². The summed E-state index contributed by atoms with van der Waals surface area (Å²) in [5.41, 5.74) is 0.346. The number of sulfone groups is 1. The highest BCUT2D eigenvalue weighted by molar-refractivity contribution is 7.97. The largest absolute Gasteiger partial charge is 0.504 e. The molecule has 0 unspecified atom stereocenters. The molecular formula is C25H22N2O8S. The average Bonchev–Trinajstić information content (AvgIpc) is 3.06. The molecule has 1 aliphatic rings. The standard InChI is InChI=1S/C25H22N2O8S/c1-3-35-20-10-8-18(9-11-20)26-24(29)23(14-16-7-12-21(28)22(13-16)34-2)36(32,33)25(26)17-5-4-6-19(15-17)27(30)31/h4-15,25,28H,3H2,1-2H3/b23-14+/t25-/m1/s1. The third-order valence-electron chi connectivity index (χ3n) is 5.56. The predicted octanol–water partition coefficient (Wildman–Crippen LogP) is 4.21. The number of hydrogen-bond acceptors (Lipinski definition) is 8. The number of aromatic hydroxyl groups is 1. The Balaban J connectivity index is 1.90. The maximum Gasteiger partial charge on any atom is 0.271 e. The number of carbonyl (C=O) groups excluding carboxylic acids is 1. The van der Waals surface area contributed by atoms with Gasteiger partial charge < -0.3 is 14.6 Å². The van der Waals surface area contributed by atoms with Crippen molar-refractivity contribution in [2.75, 3.05) is 18.6 Å². The van der Waals surface area contributed by atoms with Crippen LogP contribution in [0.2, 0.25) is 0 Å². The molecule has 0 radical (unpaired) electrons. The number of hydrogen-bond donors (Lipinski definition) is 1. The first-order valence-corrected chi connectivity index (χ1v) is 12.4. The fourth-order valence-corrected chi connectivity index (χ4v) is 5.81. The number of carbonyl (C=O) groups is 1. The van der Waals surface area contributed by atoms with Crippen LogP contribution >= 0.6 is 0 Å². The minimum absolute atomic E-state index is 0.0677. The lowest BCUT2D eigenvalue weighted by molar-refractivity contribution is -0.384. The van der Waals surface area contributed by atoms with Crippen molar-refractivity contribution in [3.63, 3.8) is 0 Å². The molecule has 10 nitrogen and oxygen atoms in total. The van der Waals surface area contributed by atoms with Gasteiger partial charge in [0.2, 0.25) is 9.84 Å². The molecule has 11 heteroatoms. The van der Waals surface area contributed by atoms with Crippen molar-refractivity contribution in [2.45, 2.75) is 12.3 Å². The number of phenols is 1. The van der Waals surface area contributed by atoms with Crippen molar-refractivity contribution in [1.29, 1.82) is 0 Å². The number of rotatable bonds is 7. The highest BCUT2D eigenvalue weighted by Crippen LogP contribution is 2.44. The molecule has 0 aliphatic carbocycles. The number of phenolic OH excluding ortho intramolecular Hbond substituents is 1. The van der Waals surface area contributed by atoms with Gasteiger partial charge in [0.25, 0.3) is 11.6 Å². The van der Waals surface area contributed by atoms with E-state index in [1.54, 1.807) is 24.3 Å². The smallest absolute Gasteiger partial charge is 0.271 e. The Hall–Kier alpha value is -4.38. The number of ether oxygens (including phenoxy) is 2. The van der Waals surface area contributed by atoms with Crippen LogP contribution in [0.5, 0.6) is 17.2 Å². The quantitative estimate of drug-likeness (QED) is 0.284. The normalized spacial score (nSPS) is 17.8. The summed E-state index contributed by atoms with van der Waals surface area (Å²) < 4.78 is 38.0. The average molecular weight is 511 g/mol. The Kier molecular flexibility index (Phi) is 6.67. The second kappa shape index (κ2) is 9.70. The Morgan fingerprint density at radius 1 is 1.11 bits per heavy atom. The lowest BCUT2D eigenvalue weighted by Gasteiger charge is -2.23. The number of amides is 1. The van der Waals surface area contributed by atoms with Crippen LogP contribution in [0.15, 0.2) is 71.6 Å². The topological polar surface area (TPSA) is 136 Å². The van der Waals surface area contributed by atoms with Gasteiger partial charge in [-0.25, -0.2) is 8.42 Å². The second-order valence-electron chi connectivity index (χ2n) is 7.79. The minimum Gasteiger partial charge on any atom is -0.504 e. The molecule has 1 fully saturated rings. The van der Waals surface area contributed by atoms with Gasteiger partial charge in [-0.3, -0.25) is 19.8 Å². The lowest BCUT2D eigenvalue weighted by atomic mass is 10.1. The molecule has 1 amide bonds. The van der Waals surface area contributed by atoms with Gasteiger partial charge in [0, 0.05) is 17.8 Å². The monoisotopic (exact) mass is 510 g/mol. The molecule has 1 saturated heterocycles. The SMILES string of the molecule is CCOc1ccc(N2C(=O)/C(=C\c3ccc(O)c(OC)c3)S(=O)(=O)[C@@H]2c2cccc([N+](=O)[O-])c2)cc1. The lowest BCUT2D eigenvalue weighted by Crippen LogP contribution is -2.29. The molecule has 1 N–H and O–H groups in total. The zero-order valence-corrected chi connectivity index (χ0v) is 20.1. The molecule has 0 bridgehead atoms. The Labute approximate surface area is 207 Å². The summed E-state index contributed by atoms with van der Waals surface area (Å²) in [4.78, 5) is 24.9. The third kappa shape index (κ3) is 4.48. The number of methoxy groups -OCH3 is 1. The van der Waals surface area contributed by atoms with Gasteiger partial charge in [-0.15, -0.1) is 0 Å². The Bertz CT molecular complexity index is 1470. The van der Waals surface area contributed by atoms with Crippen LogP contribution in [0.3, 0.4) is 0 Å². The number of anilines is 1. The van der Waals surface area contributed by atoms with Crippen LogP contribution in [0, 0.1) is 10.1 Å². The molecule has 3 aromatic rings. The van der Waals surface area contributed by atoms with E-state index in [9.17, 15) is 28.4 Å². The van der Waals surface area contributed by atoms with Gasteiger partial charge in [-0.05, 0) is 60.5 Å². The summed E-state index contributed by atoms with van der Waals surface area (Å²) in [6.07, 6.45) is 1.19. The highest BCUT2D eigenvalue weighted by atomic mass is 32.2. The molecule has 1 atom stereocenters. The second-order valence-corrected chi connectivity index (χ2v) is 9.77. The maximum atomic E-state index is 13.8. The molecule has 4 rings (SSSR count). The van der Waals surface area contributed by atoms with Gasteiger partial charge in [-0.1, -0.05) is 18.2 Å². The van der Waals surface area contributed by atoms with Gasteiger partial charge in [0.1, 0.15) is 10.7 Å². The van der Waals surface area contributed by atoms with Crippen molar-refractivity contribution in [1.82, 2.24) is 0 Å². The molecule has 3 aromatic carbocycles. The van der Waals surface area contributed by atoms with Crippen LogP contribution < -0.4 is 14.4 Å². The number of nitro groups is 1. The van der Waals surface area contributed by atoms with Crippen molar-refractivity contribution in [2.24, 2.45) is 0 Å². The first-order valence-electron chi connectivity index (χ1n) is 10.8. The number of nitrogens with zero attached hydrogens (tertiary/aromatic N) is 2. The summed E-state index contributed by atoms with van der Waals surface area (Å²) in [5, 5.41) is 19.7. The van der Waals surface area contributed by atoms with E-state index in [2.05, 4.69) is 0 Å². The fraction of sp³-hybridized carbons (Fsp3) is 0.160. The summed E-state index contributed by atoms with van der Waals surface area (Å²) in [6, 6.07) is 15.7. The molecule has 0 spiro atoms. The van der Waals surface area contributed by atoms with E-state index in [0.29, 0.717) is 17.9 Å². The first-order chi connectivity index (χ1) is 17.2. The molecule has 36 heavy (non-hydrogen) atoms. The first kappa shape index (κ1) is 24.7. The summed E-state index contributed by atoms with van der Waals surface area (Å²) in [6.45, 7) is 2.24. The van der Waals surface area contributed by atoms with E-state index in [-0.39, 0.29) is 28.4 Å². The Morgan fingerprint density at radius 2 is 1.83 bits per heavy atom.